The van der Waals surface area contributed by atoms with E-state index in [9.17, 15) is 0 Å². The number of methoxy groups -OCH3 is 1. The number of piperazine rings is 1. The normalized spacial score (nSPS) is 16.8. The first-order valence-corrected chi connectivity index (χ1v) is 6.59. The van der Waals surface area contributed by atoms with Crippen molar-refractivity contribution in [2.24, 2.45) is 0 Å². The number of rotatable bonds is 4. The Bertz CT molecular complexity index is 367. The second-order valence-corrected chi connectivity index (χ2v) is 4.96. The highest BCUT2D eigenvalue weighted by Crippen LogP contribution is 2.27. The van der Waals surface area contributed by atoms with Gasteiger partial charge in [-0.2, -0.15) is 0 Å². The van der Waals surface area contributed by atoms with Gasteiger partial charge < -0.3 is 15.4 Å². The molecule has 1 aromatic carbocycles. The van der Waals surface area contributed by atoms with E-state index in [1.165, 1.54) is 0 Å². The number of hydrogen-bond acceptors (Lipinski definition) is 4. The summed E-state index contributed by atoms with van der Waals surface area (Å²) < 4.78 is 6.38. The summed E-state index contributed by atoms with van der Waals surface area (Å²) in [6.45, 7) is 5.16. The highest BCUT2D eigenvalue weighted by Gasteiger charge is 2.10. The summed E-state index contributed by atoms with van der Waals surface area (Å²) in [7, 11) is 1.69. The summed E-state index contributed by atoms with van der Waals surface area (Å²) in [6, 6.07) is 5.99. The molecule has 1 saturated heterocycles. The first-order valence-electron chi connectivity index (χ1n) is 5.80. The van der Waals surface area contributed by atoms with Gasteiger partial charge >= 0.3 is 0 Å². The van der Waals surface area contributed by atoms with Gasteiger partial charge in [0, 0.05) is 30.7 Å². The summed E-state index contributed by atoms with van der Waals surface area (Å²) >= 11 is 3.47. The standard InChI is InChI=1S/C12H18BrN3O/c1-17-12-3-2-10(13)8-11(12)15-9-16-6-4-14-5-7-16/h2-3,8,14-15H,4-7,9H2,1H3. The Morgan fingerprint density at radius 3 is 2.88 bits per heavy atom. The largest absolute Gasteiger partial charge is 0.495 e. The zero-order valence-corrected chi connectivity index (χ0v) is 11.6. The fraction of sp³-hybridized carbons (Fsp3) is 0.500. The molecule has 1 aliphatic rings. The number of halogens is 1. The van der Waals surface area contributed by atoms with Crippen molar-refractivity contribution in [1.29, 1.82) is 0 Å². The molecule has 0 spiro atoms. The third-order valence-electron chi connectivity index (χ3n) is 2.86. The van der Waals surface area contributed by atoms with Crippen molar-refractivity contribution in [2.75, 3.05) is 45.3 Å². The molecule has 0 atom stereocenters. The number of anilines is 1. The van der Waals surface area contributed by atoms with Gasteiger partial charge in [-0.15, -0.1) is 0 Å². The highest BCUT2D eigenvalue weighted by atomic mass is 79.9. The van der Waals surface area contributed by atoms with Crippen LogP contribution in [0.25, 0.3) is 0 Å². The number of hydrogen-bond donors (Lipinski definition) is 2. The maximum absolute atomic E-state index is 5.33. The van der Waals surface area contributed by atoms with E-state index in [-0.39, 0.29) is 0 Å². The predicted octanol–water partition coefficient (Wildman–Crippen LogP) is 1.73. The van der Waals surface area contributed by atoms with E-state index in [0.717, 1.165) is 48.8 Å². The van der Waals surface area contributed by atoms with Crippen molar-refractivity contribution in [3.05, 3.63) is 22.7 Å². The van der Waals surface area contributed by atoms with Crippen molar-refractivity contribution in [3.8, 4) is 5.75 Å². The molecule has 0 bridgehead atoms. The molecule has 94 valence electrons. The fourth-order valence-electron chi connectivity index (χ4n) is 1.88. The molecule has 2 rings (SSSR count). The molecule has 1 aliphatic heterocycles. The molecule has 0 saturated carbocycles. The SMILES string of the molecule is COc1ccc(Br)cc1NCN1CCNCC1. The molecule has 2 N–H and O–H groups in total. The average Bonchev–Trinajstić information content (AvgIpc) is 2.38. The summed E-state index contributed by atoms with van der Waals surface area (Å²) in [5.41, 5.74) is 1.03. The molecule has 1 heterocycles. The summed E-state index contributed by atoms with van der Waals surface area (Å²) in [5.74, 6) is 0.878. The molecule has 0 aliphatic carbocycles. The van der Waals surface area contributed by atoms with Crippen LogP contribution in [0.3, 0.4) is 0 Å². The van der Waals surface area contributed by atoms with Gasteiger partial charge in [0.05, 0.1) is 19.5 Å². The summed E-state index contributed by atoms with van der Waals surface area (Å²) in [6.07, 6.45) is 0. The van der Waals surface area contributed by atoms with Crippen molar-refractivity contribution < 1.29 is 4.74 Å². The van der Waals surface area contributed by atoms with Gasteiger partial charge in [0.15, 0.2) is 0 Å². The van der Waals surface area contributed by atoms with Crippen LogP contribution in [0, 0.1) is 0 Å². The van der Waals surface area contributed by atoms with Crippen molar-refractivity contribution >= 4 is 21.6 Å². The lowest BCUT2D eigenvalue weighted by molar-refractivity contribution is 0.256. The van der Waals surface area contributed by atoms with E-state index in [4.69, 9.17) is 4.74 Å². The number of nitrogens with zero attached hydrogens (tertiary/aromatic N) is 1. The molecule has 5 heteroatoms. The van der Waals surface area contributed by atoms with Crippen LogP contribution in [0.5, 0.6) is 5.75 Å². The molecule has 1 fully saturated rings. The molecule has 0 amide bonds. The van der Waals surface area contributed by atoms with E-state index in [2.05, 4.69) is 31.5 Å². The molecule has 17 heavy (non-hydrogen) atoms. The van der Waals surface area contributed by atoms with Gasteiger partial charge in [0.1, 0.15) is 5.75 Å². The molecule has 4 nitrogen and oxygen atoms in total. The minimum atomic E-state index is 0.856. The van der Waals surface area contributed by atoms with Crippen molar-refractivity contribution in [1.82, 2.24) is 10.2 Å². The van der Waals surface area contributed by atoms with Crippen LogP contribution in [0.15, 0.2) is 22.7 Å². The van der Waals surface area contributed by atoms with E-state index in [1.807, 2.05) is 18.2 Å². The van der Waals surface area contributed by atoms with Gasteiger partial charge in [0.25, 0.3) is 0 Å². The Morgan fingerprint density at radius 1 is 1.41 bits per heavy atom. The first kappa shape index (κ1) is 12.7. The molecular formula is C12H18BrN3O. The van der Waals surface area contributed by atoms with E-state index >= 15 is 0 Å². The van der Waals surface area contributed by atoms with Gasteiger partial charge in [-0.1, -0.05) is 15.9 Å². The van der Waals surface area contributed by atoms with Gasteiger partial charge in [-0.05, 0) is 18.2 Å². The predicted molar refractivity (Wildman–Crippen MR) is 73.6 cm³/mol. The monoisotopic (exact) mass is 299 g/mol. The van der Waals surface area contributed by atoms with Crippen LogP contribution in [0.4, 0.5) is 5.69 Å². The quantitative estimate of drug-likeness (QED) is 0.888. The average molecular weight is 300 g/mol. The minimum Gasteiger partial charge on any atom is -0.495 e. The van der Waals surface area contributed by atoms with E-state index < -0.39 is 0 Å². The Kier molecular flexibility index (Phi) is 4.65. The van der Waals surface area contributed by atoms with Gasteiger partial charge in [-0.25, -0.2) is 0 Å². The maximum Gasteiger partial charge on any atom is 0.142 e. The Balaban J connectivity index is 1.95. The molecular weight excluding hydrogens is 282 g/mol. The summed E-state index contributed by atoms with van der Waals surface area (Å²) in [5, 5.41) is 6.76. The topological polar surface area (TPSA) is 36.5 Å². The summed E-state index contributed by atoms with van der Waals surface area (Å²) in [4.78, 5) is 2.39. The Hall–Kier alpha value is -0.780. The second-order valence-electron chi connectivity index (χ2n) is 4.05. The number of nitrogens with one attached hydrogen (secondary N) is 2. The van der Waals surface area contributed by atoms with Crippen LogP contribution in [0.1, 0.15) is 0 Å². The van der Waals surface area contributed by atoms with E-state index in [1.54, 1.807) is 7.11 Å². The number of benzene rings is 1. The third kappa shape index (κ3) is 3.59. The zero-order chi connectivity index (χ0) is 12.1. The van der Waals surface area contributed by atoms with Crippen molar-refractivity contribution in [3.63, 3.8) is 0 Å². The van der Waals surface area contributed by atoms with Crippen LogP contribution >= 0.6 is 15.9 Å². The van der Waals surface area contributed by atoms with Gasteiger partial charge in [0.2, 0.25) is 0 Å². The van der Waals surface area contributed by atoms with Gasteiger partial charge in [-0.3, -0.25) is 4.90 Å². The Labute approximate surface area is 110 Å². The lowest BCUT2D eigenvalue weighted by Crippen LogP contribution is -2.45. The minimum absolute atomic E-state index is 0.856. The Morgan fingerprint density at radius 2 is 2.18 bits per heavy atom. The lowest BCUT2D eigenvalue weighted by Gasteiger charge is -2.27. The van der Waals surface area contributed by atoms with Crippen LogP contribution in [-0.2, 0) is 0 Å². The maximum atomic E-state index is 5.33. The highest BCUT2D eigenvalue weighted by molar-refractivity contribution is 9.10. The first-order chi connectivity index (χ1) is 8.29. The molecule has 0 unspecified atom stereocenters. The van der Waals surface area contributed by atoms with Crippen LogP contribution in [0.2, 0.25) is 0 Å². The zero-order valence-electron chi connectivity index (χ0n) is 10.0. The number of ether oxygens (including phenoxy) is 1. The fourth-order valence-corrected chi connectivity index (χ4v) is 2.25. The molecule has 0 aromatic heterocycles. The molecule has 1 aromatic rings. The van der Waals surface area contributed by atoms with Crippen LogP contribution in [-0.4, -0.2) is 44.9 Å². The molecule has 0 radical (unpaired) electrons. The van der Waals surface area contributed by atoms with E-state index in [0.29, 0.717) is 0 Å². The second kappa shape index (κ2) is 6.23. The van der Waals surface area contributed by atoms with Crippen molar-refractivity contribution in [2.45, 2.75) is 0 Å². The third-order valence-corrected chi connectivity index (χ3v) is 3.36. The lowest BCUT2D eigenvalue weighted by atomic mass is 10.3. The smallest absolute Gasteiger partial charge is 0.142 e. The van der Waals surface area contributed by atoms with Crippen LogP contribution < -0.4 is 15.4 Å².